The molecule has 0 aliphatic heterocycles. The van der Waals surface area contributed by atoms with Crippen molar-refractivity contribution in [3.8, 4) is 6.07 Å². The summed E-state index contributed by atoms with van der Waals surface area (Å²) in [4.78, 5) is 13.9. The molecule has 0 bridgehead atoms. The first kappa shape index (κ1) is 17.0. The van der Waals surface area contributed by atoms with Crippen LogP contribution >= 0.6 is 0 Å². The summed E-state index contributed by atoms with van der Waals surface area (Å²) in [5.41, 5.74) is 0. The van der Waals surface area contributed by atoms with Crippen molar-refractivity contribution in [2.45, 2.75) is 52.0 Å². The van der Waals surface area contributed by atoms with Crippen LogP contribution in [0.4, 0.5) is 0 Å². The van der Waals surface area contributed by atoms with Gasteiger partial charge in [-0.25, -0.2) is 0 Å². The van der Waals surface area contributed by atoms with Gasteiger partial charge in [0.25, 0.3) is 0 Å². The third-order valence-corrected chi connectivity index (χ3v) is 4.61. The summed E-state index contributed by atoms with van der Waals surface area (Å²) in [6.07, 6.45) is 5.76. The van der Waals surface area contributed by atoms with Crippen LogP contribution in [0.5, 0.6) is 0 Å². The molecule has 114 valence electrons. The Morgan fingerprint density at radius 1 is 1.50 bits per heavy atom. The van der Waals surface area contributed by atoms with Crippen molar-refractivity contribution in [2.75, 3.05) is 20.6 Å². The van der Waals surface area contributed by atoms with E-state index < -0.39 is 0 Å². The smallest absolute Gasteiger partial charge is 0.223 e. The van der Waals surface area contributed by atoms with Gasteiger partial charge in [0.1, 0.15) is 0 Å². The van der Waals surface area contributed by atoms with Crippen molar-refractivity contribution in [3.05, 3.63) is 0 Å². The standard InChI is InChI=1S/C16H29N3O/c1-5-6-13-7-8-14(10-17)15(9-13)19(4)11-12(2)16(20)18-3/h12-15H,5-9,11H2,1-4H3,(H,18,20). The molecular weight excluding hydrogens is 250 g/mol. The van der Waals surface area contributed by atoms with E-state index in [2.05, 4.69) is 30.3 Å². The molecule has 0 spiro atoms. The van der Waals surface area contributed by atoms with Crippen molar-refractivity contribution >= 4 is 5.91 Å². The molecule has 0 aromatic carbocycles. The molecule has 0 heterocycles. The summed E-state index contributed by atoms with van der Waals surface area (Å²) >= 11 is 0. The predicted molar refractivity (Wildman–Crippen MR) is 81.0 cm³/mol. The van der Waals surface area contributed by atoms with Crippen LogP contribution in [0.25, 0.3) is 0 Å². The minimum atomic E-state index is -0.0316. The molecule has 1 fully saturated rings. The normalized spacial score (nSPS) is 27.9. The van der Waals surface area contributed by atoms with Crippen molar-refractivity contribution < 1.29 is 4.79 Å². The Balaban J connectivity index is 2.63. The van der Waals surface area contributed by atoms with Crippen LogP contribution in [0.2, 0.25) is 0 Å². The lowest BCUT2D eigenvalue weighted by Crippen LogP contribution is -2.45. The van der Waals surface area contributed by atoms with E-state index in [1.807, 2.05) is 6.92 Å². The van der Waals surface area contributed by atoms with Crippen LogP contribution in [-0.2, 0) is 4.79 Å². The number of carbonyl (C=O) groups excluding carboxylic acids is 1. The van der Waals surface area contributed by atoms with E-state index in [9.17, 15) is 10.1 Å². The molecule has 1 amide bonds. The number of carbonyl (C=O) groups is 1. The zero-order chi connectivity index (χ0) is 15.1. The van der Waals surface area contributed by atoms with E-state index in [1.54, 1.807) is 7.05 Å². The van der Waals surface area contributed by atoms with Gasteiger partial charge in [0.15, 0.2) is 0 Å². The van der Waals surface area contributed by atoms with Gasteiger partial charge in [0, 0.05) is 25.6 Å². The molecule has 0 radical (unpaired) electrons. The highest BCUT2D eigenvalue weighted by molar-refractivity contribution is 5.78. The van der Waals surface area contributed by atoms with E-state index in [4.69, 9.17) is 0 Å². The molecule has 4 atom stereocenters. The second-order valence-electron chi connectivity index (χ2n) is 6.23. The van der Waals surface area contributed by atoms with Gasteiger partial charge in [-0.1, -0.05) is 26.7 Å². The Bertz CT molecular complexity index is 350. The molecule has 1 rings (SSSR count). The summed E-state index contributed by atoms with van der Waals surface area (Å²) < 4.78 is 0. The summed E-state index contributed by atoms with van der Waals surface area (Å²) in [5, 5.41) is 12.1. The molecule has 1 aliphatic rings. The van der Waals surface area contributed by atoms with Crippen molar-refractivity contribution in [3.63, 3.8) is 0 Å². The van der Waals surface area contributed by atoms with Crippen LogP contribution in [0.15, 0.2) is 0 Å². The maximum absolute atomic E-state index is 11.6. The third-order valence-electron chi connectivity index (χ3n) is 4.61. The monoisotopic (exact) mass is 279 g/mol. The van der Waals surface area contributed by atoms with Gasteiger partial charge < -0.3 is 10.2 Å². The predicted octanol–water partition coefficient (Wildman–Crippen LogP) is 2.41. The third kappa shape index (κ3) is 4.49. The van der Waals surface area contributed by atoms with Gasteiger partial charge in [-0.15, -0.1) is 0 Å². The maximum atomic E-state index is 11.6. The topological polar surface area (TPSA) is 56.1 Å². The highest BCUT2D eigenvalue weighted by atomic mass is 16.1. The van der Waals surface area contributed by atoms with Gasteiger partial charge in [-0.3, -0.25) is 4.79 Å². The number of amides is 1. The molecule has 4 nitrogen and oxygen atoms in total. The van der Waals surface area contributed by atoms with Gasteiger partial charge in [-0.2, -0.15) is 5.26 Å². The zero-order valence-corrected chi connectivity index (χ0v) is 13.4. The van der Waals surface area contributed by atoms with E-state index in [-0.39, 0.29) is 17.7 Å². The molecule has 0 aromatic heterocycles. The molecular formula is C16H29N3O. The fourth-order valence-electron chi connectivity index (χ4n) is 3.44. The number of nitrogens with one attached hydrogen (secondary N) is 1. The van der Waals surface area contributed by atoms with E-state index in [0.717, 1.165) is 25.3 Å². The Morgan fingerprint density at radius 2 is 2.20 bits per heavy atom. The van der Waals surface area contributed by atoms with E-state index >= 15 is 0 Å². The lowest BCUT2D eigenvalue weighted by Gasteiger charge is -2.39. The molecule has 0 saturated heterocycles. The Hall–Kier alpha value is -1.08. The summed E-state index contributed by atoms with van der Waals surface area (Å²) in [7, 11) is 3.73. The molecule has 0 aromatic rings. The molecule has 1 saturated carbocycles. The molecule has 4 unspecified atom stereocenters. The first-order valence-corrected chi connectivity index (χ1v) is 7.84. The molecule has 1 N–H and O–H groups in total. The summed E-state index contributed by atoms with van der Waals surface area (Å²) in [6.45, 7) is 4.90. The first-order valence-electron chi connectivity index (χ1n) is 7.84. The summed E-state index contributed by atoms with van der Waals surface area (Å²) in [5.74, 6) is 0.902. The highest BCUT2D eigenvalue weighted by Gasteiger charge is 2.33. The quantitative estimate of drug-likeness (QED) is 0.812. The van der Waals surface area contributed by atoms with Crippen LogP contribution in [-0.4, -0.2) is 37.5 Å². The molecule has 20 heavy (non-hydrogen) atoms. The largest absolute Gasteiger partial charge is 0.359 e. The fourth-order valence-corrected chi connectivity index (χ4v) is 3.44. The minimum Gasteiger partial charge on any atom is -0.359 e. The average Bonchev–Trinajstić information content (AvgIpc) is 2.46. The van der Waals surface area contributed by atoms with Crippen LogP contribution in [0, 0.1) is 29.1 Å². The number of rotatable bonds is 6. The first-order chi connectivity index (χ1) is 9.53. The highest BCUT2D eigenvalue weighted by Crippen LogP contribution is 2.34. The average molecular weight is 279 g/mol. The Kier molecular flexibility index (Phi) is 7.01. The number of nitrogens with zero attached hydrogens (tertiary/aromatic N) is 2. The van der Waals surface area contributed by atoms with E-state index in [1.165, 1.54) is 19.3 Å². The van der Waals surface area contributed by atoms with Gasteiger partial charge >= 0.3 is 0 Å². The molecule has 1 aliphatic carbocycles. The Morgan fingerprint density at radius 3 is 2.75 bits per heavy atom. The fraction of sp³-hybridized carbons (Fsp3) is 0.875. The number of hydrogen-bond acceptors (Lipinski definition) is 3. The summed E-state index contributed by atoms with van der Waals surface area (Å²) in [6, 6.07) is 2.77. The van der Waals surface area contributed by atoms with Gasteiger partial charge in [0.05, 0.1) is 12.0 Å². The minimum absolute atomic E-state index is 0.0316. The van der Waals surface area contributed by atoms with Crippen molar-refractivity contribution in [2.24, 2.45) is 17.8 Å². The number of hydrogen-bond donors (Lipinski definition) is 1. The second kappa shape index (κ2) is 8.26. The zero-order valence-electron chi connectivity index (χ0n) is 13.4. The second-order valence-corrected chi connectivity index (χ2v) is 6.23. The van der Waals surface area contributed by atoms with Crippen molar-refractivity contribution in [1.82, 2.24) is 10.2 Å². The van der Waals surface area contributed by atoms with Gasteiger partial charge in [0.2, 0.25) is 5.91 Å². The lowest BCUT2D eigenvalue weighted by molar-refractivity contribution is -0.124. The van der Waals surface area contributed by atoms with Crippen LogP contribution in [0.1, 0.15) is 46.0 Å². The van der Waals surface area contributed by atoms with Crippen LogP contribution < -0.4 is 5.32 Å². The van der Waals surface area contributed by atoms with Gasteiger partial charge in [-0.05, 0) is 32.2 Å². The number of nitriles is 1. The Labute approximate surface area is 123 Å². The maximum Gasteiger partial charge on any atom is 0.223 e. The molecule has 4 heteroatoms. The van der Waals surface area contributed by atoms with Crippen molar-refractivity contribution in [1.29, 1.82) is 5.26 Å². The van der Waals surface area contributed by atoms with Crippen LogP contribution in [0.3, 0.4) is 0 Å². The lowest BCUT2D eigenvalue weighted by atomic mass is 9.76. The SMILES string of the molecule is CCCC1CCC(C#N)C(N(C)CC(C)C(=O)NC)C1. The van der Waals surface area contributed by atoms with E-state index in [0.29, 0.717) is 6.04 Å².